The number of hydrogen-bond donors (Lipinski definition) is 1. The maximum Gasteiger partial charge on any atom is 0.223 e. The quantitative estimate of drug-likeness (QED) is 0.720. The van der Waals surface area contributed by atoms with Crippen molar-refractivity contribution in [2.75, 3.05) is 51.6 Å². The van der Waals surface area contributed by atoms with Crippen molar-refractivity contribution in [1.82, 2.24) is 24.8 Å². The standard InChI is InChI=1S/C20H24N6O/c1-25-10-12-26(13-11-25)9-8-22-20-23-15-17(16-4-6-21-7-5-16)19(24-20)18-3-2-14-27-18/h2-7,14-15H,8-13H2,1H3,(H,22,23,24). The highest BCUT2D eigenvalue weighted by atomic mass is 16.3. The Bertz CT molecular complexity index is 844. The van der Waals surface area contributed by atoms with E-state index in [1.54, 1.807) is 18.7 Å². The average molecular weight is 364 g/mol. The van der Waals surface area contributed by atoms with E-state index < -0.39 is 0 Å². The summed E-state index contributed by atoms with van der Waals surface area (Å²) in [4.78, 5) is 18.1. The Morgan fingerprint density at radius 1 is 1.11 bits per heavy atom. The molecule has 1 fully saturated rings. The molecule has 7 heteroatoms. The first-order valence-corrected chi connectivity index (χ1v) is 9.26. The van der Waals surface area contributed by atoms with Gasteiger partial charge in [0.1, 0.15) is 5.69 Å². The average Bonchev–Trinajstić information content (AvgIpc) is 3.25. The van der Waals surface area contributed by atoms with Crippen molar-refractivity contribution in [1.29, 1.82) is 0 Å². The number of aromatic nitrogens is 3. The molecule has 0 atom stereocenters. The lowest BCUT2D eigenvalue weighted by Crippen LogP contribution is -2.45. The molecule has 1 saturated heterocycles. The van der Waals surface area contributed by atoms with Crippen LogP contribution in [0.4, 0.5) is 5.95 Å². The van der Waals surface area contributed by atoms with E-state index in [2.05, 4.69) is 32.1 Å². The highest BCUT2D eigenvalue weighted by Crippen LogP contribution is 2.30. The second-order valence-electron chi connectivity index (χ2n) is 6.74. The zero-order chi connectivity index (χ0) is 18.5. The lowest BCUT2D eigenvalue weighted by atomic mass is 10.1. The van der Waals surface area contributed by atoms with Gasteiger partial charge in [0.25, 0.3) is 0 Å². The first-order chi connectivity index (χ1) is 13.3. The summed E-state index contributed by atoms with van der Waals surface area (Å²) in [6.45, 7) is 6.27. The van der Waals surface area contributed by atoms with Gasteiger partial charge in [0.2, 0.25) is 5.95 Å². The lowest BCUT2D eigenvalue weighted by Gasteiger charge is -2.32. The van der Waals surface area contributed by atoms with Gasteiger partial charge in [-0.15, -0.1) is 0 Å². The van der Waals surface area contributed by atoms with Crippen molar-refractivity contribution in [2.45, 2.75) is 0 Å². The topological polar surface area (TPSA) is 70.3 Å². The molecule has 3 aromatic heterocycles. The smallest absolute Gasteiger partial charge is 0.223 e. The first-order valence-electron chi connectivity index (χ1n) is 9.26. The van der Waals surface area contributed by atoms with E-state index in [9.17, 15) is 0 Å². The molecular weight excluding hydrogens is 340 g/mol. The van der Waals surface area contributed by atoms with Crippen LogP contribution in [0.1, 0.15) is 0 Å². The Labute approximate surface area is 159 Å². The molecule has 1 aliphatic heterocycles. The van der Waals surface area contributed by atoms with E-state index >= 15 is 0 Å². The van der Waals surface area contributed by atoms with Gasteiger partial charge in [-0.3, -0.25) is 9.88 Å². The van der Waals surface area contributed by atoms with Crippen molar-refractivity contribution < 1.29 is 4.42 Å². The second kappa shape index (κ2) is 8.28. The first kappa shape index (κ1) is 17.6. The van der Waals surface area contributed by atoms with Gasteiger partial charge < -0.3 is 14.6 Å². The van der Waals surface area contributed by atoms with E-state index in [4.69, 9.17) is 9.40 Å². The number of likely N-dealkylation sites (N-methyl/N-ethyl adjacent to an activating group) is 1. The Hall–Kier alpha value is -2.77. The summed E-state index contributed by atoms with van der Waals surface area (Å²) >= 11 is 0. The van der Waals surface area contributed by atoms with Crippen LogP contribution in [0.15, 0.2) is 53.5 Å². The van der Waals surface area contributed by atoms with Gasteiger partial charge in [0.15, 0.2) is 5.76 Å². The third-order valence-corrected chi connectivity index (χ3v) is 4.84. The van der Waals surface area contributed by atoms with Crippen molar-refractivity contribution in [3.63, 3.8) is 0 Å². The molecule has 7 nitrogen and oxygen atoms in total. The molecule has 4 rings (SSSR count). The number of rotatable bonds is 6. The zero-order valence-electron chi connectivity index (χ0n) is 15.5. The predicted octanol–water partition coefficient (Wildman–Crippen LogP) is 2.46. The van der Waals surface area contributed by atoms with Gasteiger partial charge in [-0.1, -0.05) is 0 Å². The van der Waals surface area contributed by atoms with Gasteiger partial charge in [0.05, 0.1) is 6.26 Å². The van der Waals surface area contributed by atoms with Crippen molar-refractivity contribution in [3.05, 3.63) is 49.1 Å². The number of piperazine rings is 1. The van der Waals surface area contributed by atoms with E-state index in [0.717, 1.165) is 61.8 Å². The Balaban J connectivity index is 1.49. The molecule has 0 aromatic carbocycles. The molecule has 3 aromatic rings. The summed E-state index contributed by atoms with van der Waals surface area (Å²) in [5, 5.41) is 3.35. The molecule has 0 saturated carbocycles. The minimum Gasteiger partial charge on any atom is -0.463 e. The van der Waals surface area contributed by atoms with Gasteiger partial charge >= 0.3 is 0 Å². The summed E-state index contributed by atoms with van der Waals surface area (Å²) in [5.41, 5.74) is 2.72. The normalized spacial score (nSPS) is 15.7. The van der Waals surface area contributed by atoms with Gasteiger partial charge in [-0.05, 0) is 36.9 Å². The van der Waals surface area contributed by atoms with Crippen LogP contribution in [0, 0.1) is 0 Å². The molecule has 0 radical (unpaired) electrons. The van der Waals surface area contributed by atoms with Crippen LogP contribution in [0.5, 0.6) is 0 Å². The highest BCUT2D eigenvalue weighted by molar-refractivity contribution is 5.78. The summed E-state index contributed by atoms with van der Waals surface area (Å²) in [5.74, 6) is 1.35. The second-order valence-corrected chi connectivity index (χ2v) is 6.74. The molecule has 27 heavy (non-hydrogen) atoms. The van der Waals surface area contributed by atoms with E-state index in [1.807, 2.05) is 30.5 Å². The Morgan fingerprint density at radius 2 is 1.93 bits per heavy atom. The largest absolute Gasteiger partial charge is 0.463 e. The fourth-order valence-corrected chi connectivity index (χ4v) is 3.21. The minimum atomic E-state index is 0.619. The zero-order valence-corrected chi connectivity index (χ0v) is 15.5. The van der Waals surface area contributed by atoms with Crippen molar-refractivity contribution in [2.24, 2.45) is 0 Å². The van der Waals surface area contributed by atoms with Crippen LogP contribution in [0.25, 0.3) is 22.6 Å². The van der Waals surface area contributed by atoms with Crippen LogP contribution in [-0.4, -0.2) is 71.1 Å². The summed E-state index contributed by atoms with van der Waals surface area (Å²) in [6, 6.07) is 7.69. The van der Waals surface area contributed by atoms with Crippen LogP contribution in [-0.2, 0) is 0 Å². The number of hydrogen-bond acceptors (Lipinski definition) is 7. The molecular formula is C20H24N6O. The molecule has 140 valence electrons. The fourth-order valence-electron chi connectivity index (χ4n) is 3.21. The molecule has 0 bridgehead atoms. The molecule has 0 amide bonds. The van der Waals surface area contributed by atoms with Crippen LogP contribution in [0.3, 0.4) is 0 Å². The summed E-state index contributed by atoms with van der Waals surface area (Å²) < 4.78 is 5.60. The number of furan rings is 1. The van der Waals surface area contributed by atoms with Crippen molar-refractivity contribution >= 4 is 5.95 Å². The molecule has 0 aliphatic carbocycles. The SMILES string of the molecule is CN1CCN(CCNc2ncc(-c3ccncc3)c(-c3ccco3)n2)CC1. The number of nitrogens with zero attached hydrogens (tertiary/aromatic N) is 5. The number of pyridine rings is 1. The molecule has 0 spiro atoms. The minimum absolute atomic E-state index is 0.619. The van der Waals surface area contributed by atoms with E-state index in [1.165, 1.54) is 0 Å². The lowest BCUT2D eigenvalue weighted by molar-refractivity contribution is 0.158. The van der Waals surface area contributed by atoms with E-state index in [-0.39, 0.29) is 0 Å². The Morgan fingerprint density at radius 3 is 2.67 bits per heavy atom. The van der Waals surface area contributed by atoms with Gasteiger partial charge in [0, 0.05) is 63.4 Å². The Kier molecular flexibility index (Phi) is 5.41. The predicted molar refractivity (Wildman–Crippen MR) is 105 cm³/mol. The maximum atomic E-state index is 5.60. The van der Waals surface area contributed by atoms with Gasteiger partial charge in [-0.25, -0.2) is 9.97 Å². The summed E-state index contributed by atoms with van der Waals surface area (Å²) in [7, 11) is 2.17. The highest BCUT2D eigenvalue weighted by Gasteiger charge is 2.15. The number of anilines is 1. The summed E-state index contributed by atoms with van der Waals surface area (Å²) in [6.07, 6.45) is 7.04. The monoisotopic (exact) mass is 364 g/mol. The van der Waals surface area contributed by atoms with Crippen LogP contribution in [0.2, 0.25) is 0 Å². The van der Waals surface area contributed by atoms with Crippen LogP contribution < -0.4 is 5.32 Å². The van der Waals surface area contributed by atoms with E-state index in [0.29, 0.717) is 5.95 Å². The fraction of sp³-hybridized carbons (Fsp3) is 0.350. The molecule has 4 heterocycles. The number of nitrogens with one attached hydrogen (secondary N) is 1. The maximum absolute atomic E-state index is 5.60. The van der Waals surface area contributed by atoms with Crippen LogP contribution >= 0.6 is 0 Å². The third kappa shape index (κ3) is 4.32. The molecule has 0 unspecified atom stereocenters. The molecule has 1 aliphatic rings. The van der Waals surface area contributed by atoms with Gasteiger partial charge in [-0.2, -0.15) is 0 Å². The third-order valence-electron chi connectivity index (χ3n) is 4.84. The van der Waals surface area contributed by atoms with Crippen molar-refractivity contribution in [3.8, 4) is 22.6 Å². The molecule has 1 N–H and O–H groups in total.